The van der Waals surface area contributed by atoms with Crippen LogP contribution in [0.2, 0.25) is 0 Å². The summed E-state index contributed by atoms with van der Waals surface area (Å²) in [6.07, 6.45) is -0.476. The Balaban J connectivity index is 0.000000225. The van der Waals surface area contributed by atoms with Crippen molar-refractivity contribution in [2.75, 3.05) is 26.3 Å². The summed E-state index contributed by atoms with van der Waals surface area (Å²) < 4.78 is 172. The lowest BCUT2D eigenvalue weighted by molar-refractivity contribution is -0.257. The van der Waals surface area contributed by atoms with Gasteiger partial charge in [-0.25, -0.2) is 16.8 Å². The fourth-order valence-electron chi connectivity index (χ4n) is 16.2. The Morgan fingerprint density at radius 2 is 0.842 bits per heavy atom. The van der Waals surface area contributed by atoms with E-state index in [1.807, 2.05) is 38.2 Å². The van der Waals surface area contributed by atoms with Crippen molar-refractivity contribution in [3.63, 3.8) is 0 Å². The number of amides is 4. The Morgan fingerprint density at radius 3 is 1.17 bits per heavy atom. The number of allylic oxidation sites excluding steroid dienone is 4. The van der Waals surface area contributed by atoms with Crippen molar-refractivity contribution in [3.05, 3.63) is 72.8 Å². The van der Waals surface area contributed by atoms with Crippen LogP contribution in [-0.2, 0) is 67.9 Å². The Labute approximate surface area is 659 Å². The maximum Gasteiger partial charge on any atom is 0.427 e. The Morgan fingerprint density at radius 1 is 0.509 bits per heavy atom. The summed E-state index contributed by atoms with van der Waals surface area (Å²) in [7, 11) is -7.87. The third-order valence-corrected chi connectivity index (χ3v) is 27.2. The van der Waals surface area contributed by atoms with Crippen molar-refractivity contribution in [3.8, 4) is 23.5 Å². The molecule has 8 aliphatic rings. The van der Waals surface area contributed by atoms with E-state index in [1.54, 1.807) is 76.2 Å². The first kappa shape index (κ1) is 86.3. The average Bonchev–Trinajstić information content (AvgIpc) is 1.58. The minimum Gasteiger partial charge on any atom is -0.476 e. The van der Waals surface area contributed by atoms with Crippen LogP contribution < -0.4 is 28.4 Å². The summed E-state index contributed by atoms with van der Waals surface area (Å²) in [6.45, 7) is 14.4. The predicted octanol–water partition coefficient (Wildman–Crippen LogP) is 11.7. The van der Waals surface area contributed by atoms with Crippen molar-refractivity contribution in [2.45, 2.75) is 243 Å². The molecule has 34 heteroatoms. The molecule has 14 atom stereocenters. The van der Waals surface area contributed by atoms with Crippen LogP contribution in [0.1, 0.15) is 185 Å². The number of hydrogen-bond acceptors (Lipinski definition) is 22. The summed E-state index contributed by atoms with van der Waals surface area (Å²) in [5.41, 5.74) is -8.37. The number of aromatic nitrogens is 4. The highest BCUT2D eigenvalue weighted by atomic mass is 32.2. The Bertz CT molecular complexity index is 4330. The van der Waals surface area contributed by atoms with E-state index in [9.17, 15) is 81.5 Å². The minimum atomic E-state index is -4.87. The minimum absolute atomic E-state index is 0.0160. The molecule has 4 aromatic rings. The van der Waals surface area contributed by atoms with Gasteiger partial charge in [-0.15, -0.1) is 20.4 Å². The van der Waals surface area contributed by atoms with Crippen LogP contribution in [0.3, 0.4) is 0 Å². The molecule has 2 N–H and O–H groups in total. The monoisotopic (exact) mass is 1640 g/mol. The van der Waals surface area contributed by atoms with E-state index in [2.05, 4.69) is 29.8 Å². The number of fused-ring (bicyclic) bond motifs is 6. The number of nitrogens with one attached hydrogen (secondary N) is 2. The largest absolute Gasteiger partial charge is 0.476 e. The number of carbonyl (C=O) groups is 8. The van der Waals surface area contributed by atoms with Crippen LogP contribution in [0, 0.1) is 58.2 Å². The molecular formula is C80H102F6N8O18S2. The maximum atomic E-state index is 14.8. The Hall–Kier alpha value is -8.56. The number of hydrogen-bond donors (Lipinski definition) is 2. The average molecular weight is 1640 g/mol. The first-order valence-electron chi connectivity index (χ1n) is 39.3. The molecule has 2 aromatic carbocycles. The second-order valence-electron chi connectivity index (χ2n) is 33.3. The van der Waals surface area contributed by atoms with Crippen molar-refractivity contribution < 1.29 is 110 Å². The number of sulfonamides is 2. The normalized spacial score (nSPS) is 29.4. The summed E-state index contributed by atoms with van der Waals surface area (Å²) in [5, 5.41) is 17.9. The quantitative estimate of drug-likeness (QED) is 0.0471. The molecule has 2 aromatic heterocycles. The number of ketones is 2. The van der Waals surface area contributed by atoms with Gasteiger partial charge in [-0.1, -0.05) is 76.3 Å². The molecule has 4 aliphatic carbocycles. The number of nitrogens with zero attached hydrogens (tertiary/aromatic N) is 6. The highest BCUT2D eigenvalue weighted by Gasteiger charge is 2.64. The molecular weight excluding hydrogens is 1540 g/mol. The summed E-state index contributed by atoms with van der Waals surface area (Å²) in [6, 6.07) is 11.9. The third-order valence-electron chi connectivity index (χ3n) is 23.6. The van der Waals surface area contributed by atoms with Gasteiger partial charge in [0, 0.05) is 25.7 Å². The van der Waals surface area contributed by atoms with Gasteiger partial charge in [0.25, 0.3) is 0 Å². The number of alkyl halides is 6. The van der Waals surface area contributed by atoms with Gasteiger partial charge in [-0.2, -0.15) is 26.3 Å². The molecule has 0 unspecified atom stereocenters. The second-order valence-corrected chi connectivity index (χ2v) is 37.3. The first-order chi connectivity index (χ1) is 53.5. The smallest absolute Gasteiger partial charge is 0.427 e. The molecule has 114 heavy (non-hydrogen) atoms. The lowest BCUT2D eigenvalue weighted by atomic mass is 9.82. The highest BCUT2D eigenvalue weighted by molar-refractivity contribution is 7.91. The molecule has 0 bridgehead atoms. The summed E-state index contributed by atoms with van der Waals surface area (Å²) in [4.78, 5) is 115. The molecule has 2 saturated heterocycles. The number of esters is 2. The van der Waals surface area contributed by atoms with Gasteiger partial charge < -0.3 is 38.2 Å². The maximum absolute atomic E-state index is 14.8. The fraction of sp³-hybridized carbons (Fsp3) is 0.650. The summed E-state index contributed by atoms with van der Waals surface area (Å²) >= 11 is 0. The van der Waals surface area contributed by atoms with Gasteiger partial charge in [-0.05, 0) is 178 Å². The van der Waals surface area contributed by atoms with Crippen LogP contribution in [0.4, 0.5) is 26.3 Å². The zero-order valence-corrected chi connectivity index (χ0v) is 67.3. The molecule has 12 rings (SSSR count). The van der Waals surface area contributed by atoms with Gasteiger partial charge in [0.1, 0.15) is 12.2 Å². The molecule has 6 heterocycles. The van der Waals surface area contributed by atoms with Gasteiger partial charge in [-0.3, -0.25) is 47.8 Å². The van der Waals surface area contributed by atoms with Crippen LogP contribution in [0.5, 0.6) is 23.5 Å². The molecule has 4 saturated carbocycles. The van der Waals surface area contributed by atoms with Crippen molar-refractivity contribution in [1.82, 2.24) is 39.6 Å². The molecule has 26 nitrogen and oxygen atoms in total. The first-order valence-corrected chi connectivity index (χ1v) is 42.4. The number of carbonyl (C=O) groups excluding carboxylic acids is 8. The predicted molar refractivity (Wildman–Crippen MR) is 402 cm³/mol. The fourth-order valence-corrected chi connectivity index (χ4v) is 19.0. The number of benzene rings is 2. The van der Waals surface area contributed by atoms with Gasteiger partial charge in [0.15, 0.2) is 11.6 Å². The van der Waals surface area contributed by atoms with Gasteiger partial charge >= 0.3 is 24.3 Å². The molecule has 4 amide bonds. The standard InChI is InChI=1S/2C40H51F3N4O9S/c2*1-6-54-34-28-13-9-10-14-29(28)35(45-44-34)55-26-18-31-32(48)21-39(37(51)46-57(52,53)27-15-16-27)20-25(39)12-8-7-11-23(2)17-24(3)30(36(50)47(31)22-26)19-33(49)56-38(4,5)40(41,42)43/h2*8-10,12-14,23-27,30-31H,6-7,11,15-22H2,1-5H3,(H,46,51)/b2*12-8-/t23-,24+,25+,26+,30-,31-,39+;23-,24-,25-,26-,30+,31+,39-/m01/s1. The number of ether oxygens (including phenoxy) is 6. The molecule has 6 fully saturated rings. The van der Waals surface area contributed by atoms with E-state index < -0.39 is 185 Å². The third kappa shape index (κ3) is 19.6. The molecule has 0 radical (unpaired) electrons. The van der Waals surface area contributed by atoms with E-state index in [4.69, 9.17) is 28.4 Å². The molecule has 0 spiro atoms. The topological polar surface area (TPSA) is 342 Å². The molecule has 4 aliphatic heterocycles. The van der Waals surface area contributed by atoms with Crippen LogP contribution in [0.15, 0.2) is 72.8 Å². The van der Waals surface area contributed by atoms with Crippen LogP contribution >= 0.6 is 0 Å². The van der Waals surface area contributed by atoms with E-state index in [1.165, 1.54) is 9.80 Å². The number of Topliss-reactive ketones (excluding diaryl/α,β-unsaturated/α-hetero) is 2. The lowest BCUT2D eigenvalue weighted by Crippen LogP contribution is -2.48. The zero-order chi connectivity index (χ0) is 83.0. The number of halogens is 6. The summed E-state index contributed by atoms with van der Waals surface area (Å²) in [5.74, 6) is -9.62. The van der Waals surface area contributed by atoms with Gasteiger partial charge in [0.2, 0.25) is 78.4 Å². The van der Waals surface area contributed by atoms with E-state index in [0.717, 1.165) is 27.7 Å². The zero-order valence-electron chi connectivity index (χ0n) is 65.7. The SMILES string of the molecule is CCOc1nnc(O[C@@H]2C[C@H]3C(=O)C[C@]4(C(=O)NS(=O)(=O)C5CC5)C[C@H]4/C=C\CC[C@@H](C)C[C@@H](C)[C@H](CC(=O)OC(C)(C)C(F)(F)F)C(=O)N3C2)c2ccccc12.CCOc1nnc(O[C@@H]2C[C@H]3C(=O)C[C@]4(C(=O)NS(=O)(=O)C5CC5)C[C@H]4/C=C\CC[C@H](C)C[C@@H](C)[C@H](CC(=O)OC(C)(C)C(F)(F)F)C(=O)N3C2)c2ccccc12. The Kier molecular flexibility index (Phi) is 25.7. The van der Waals surface area contributed by atoms with Crippen LogP contribution in [0.25, 0.3) is 21.5 Å². The number of rotatable bonds is 20. The van der Waals surface area contributed by atoms with E-state index in [0.29, 0.717) is 99.0 Å². The van der Waals surface area contributed by atoms with Crippen LogP contribution in [-0.4, -0.2) is 179 Å². The van der Waals surface area contributed by atoms with E-state index >= 15 is 0 Å². The molecule has 624 valence electrons. The van der Waals surface area contributed by atoms with E-state index in [-0.39, 0.29) is 87.0 Å². The van der Waals surface area contributed by atoms with Crippen molar-refractivity contribution in [1.29, 1.82) is 0 Å². The highest BCUT2D eigenvalue weighted by Crippen LogP contribution is 2.59. The van der Waals surface area contributed by atoms with Crippen molar-refractivity contribution in [2.24, 2.45) is 58.2 Å². The lowest BCUT2D eigenvalue weighted by Gasteiger charge is -2.33. The van der Waals surface area contributed by atoms with Gasteiger partial charge in [0.05, 0.1) is 106 Å². The second kappa shape index (κ2) is 33.9. The van der Waals surface area contributed by atoms with Crippen molar-refractivity contribution >= 4 is 88.7 Å².